The van der Waals surface area contributed by atoms with E-state index in [1.54, 1.807) is 12.3 Å². The molecule has 3 heterocycles. The van der Waals surface area contributed by atoms with Gasteiger partial charge in [0.1, 0.15) is 0 Å². The number of pyridine rings is 1. The third-order valence-electron chi connectivity index (χ3n) is 7.29. The Morgan fingerprint density at radius 3 is 2.17 bits per heavy atom. The van der Waals surface area contributed by atoms with Crippen molar-refractivity contribution in [3.05, 3.63) is 115 Å². The smallest absolute Gasteiger partial charge is 0.0992 e. The second-order valence-electron chi connectivity index (χ2n) is 9.29. The molecule has 7 aromatic rings. The van der Waals surface area contributed by atoms with Crippen LogP contribution < -0.4 is 0 Å². The fourth-order valence-electron chi connectivity index (χ4n) is 5.54. The van der Waals surface area contributed by atoms with Crippen LogP contribution in [0.2, 0.25) is 0 Å². The average molecular weight is 463 g/mol. The number of nitriles is 1. The van der Waals surface area contributed by atoms with Crippen LogP contribution in [0.5, 0.6) is 0 Å². The quantitative estimate of drug-likeness (QED) is 0.274. The van der Waals surface area contributed by atoms with E-state index in [9.17, 15) is 5.26 Å². The molecular weight excluding hydrogens is 440 g/mol. The molecule has 36 heavy (non-hydrogen) atoms. The van der Waals surface area contributed by atoms with E-state index >= 15 is 0 Å². The molecule has 0 radical (unpaired) electrons. The lowest BCUT2D eigenvalue weighted by molar-refractivity contribution is 0.834. The Balaban J connectivity index is 1.43. The predicted octanol–water partition coefficient (Wildman–Crippen LogP) is 7.42. The lowest BCUT2D eigenvalue weighted by Crippen LogP contribution is -2.02. The Hall–Kier alpha value is -4.88. The Kier molecular flexibility index (Phi) is 4.46. The highest BCUT2D eigenvalue weighted by molar-refractivity contribution is 6.11. The summed E-state index contributed by atoms with van der Waals surface area (Å²) in [6, 6.07) is 36.4. The molecule has 3 aromatic heterocycles. The van der Waals surface area contributed by atoms with Crippen molar-refractivity contribution in [3.63, 3.8) is 0 Å². The molecule has 4 heteroatoms. The van der Waals surface area contributed by atoms with Gasteiger partial charge in [-0.25, -0.2) is 0 Å². The van der Waals surface area contributed by atoms with E-state index in [4.69, 9.17) is 0 Å². The van der Waals surface area contributed by atoms with Crippen LogP contribution in [-0.2, 0) is 13.6 Å². The molecule has 0 unspecified atom stereocenters. The number of hydrogen-bond donors (Lipinski definition) is 0. The highest BCUT2D eigenvalue weighted by Crippen LogP contribution is 2.35. The van der Waals surface area contributed by atoms with Crippen molar-refractivity contribution in [2.75, 3.05) is 0 Å². The van der Waals surface area contributed by atoms with Crippen molar-refractivity contribution < 1.29 is 0 Å². The molecule has 170 valence electrons. The van der Waals surface area contributed by atoms with Gasteiger partial charge in [-0.1, -0.05) is 54.6 Å². The fourth-order valence-corrected chi connectivity index (χ4v) is 5.54. The van der Waals surface area contributed by atoms with Gasteiger partial charge in [-0.2, -0.15) is 5.26 Å². The van der Waals surface area contributed by atoms with Crippen molar-refractivity contribution in [3.8, 4) is 17.2 Å². The van der Waals surface area contributed by atoms with E-state index in [0.717, 1.165) is 11.2 Å². The van der Waals surface area contributed by atoms with E-state index < -0.39 is 0 Å². The van der Waals surface area contributed by atoms with Crippen molar-refractivity contribution in [2.45, 2.75) is 6.54 Å². The van der Waals surface area contributed by atoms with E-state index in [-0.39, 0.29) is 0 Å². The highest BCUT2D eigenvalue weighted by atomic mass is 15.0. The molecule has 0 saturated carbocycles. The summed E-state index contributed by atoms with van der Waals surface area (Å²) in [5, 5.41) is 14.3. The molecule has 0 N–H and O–H groups in total. The number of rotatable bonds is 3. The number of fused-ring (bicyclic) bond motifs is 6. The molecule has 4 nitrogen and oxygen atoms in total. The summed E-state index contributed by atoms with van der Waals surface area (Å²) < 4.78 is 4.58. The Morgan fingerprint density at radius 1 is 0.667 bits per heavy atom. The maximum absolute atomic E-state index is 9.35. The molecule has 0 aliphatic carbocycles. The van der Waals surface area contributed by atoms with Gasteiger partial charge in [0.15, 0.2) is 0 Å². The summed E-state index contributed by atoms with van der Waals surface area (Å²) in [7, 11) is 2.13. The summed E-state index contributed by atoms with van der Waals surface area (Å²) >= 11 is 0. The van der Waals surface area contributed by atoms with Crippen LogP contribution in [0, 0.1) is 11.3 Å². The number of aryl methyl sites for hydroxylation is 1. The molecule has 0 fully saturated rings. The third-order valence-corrected chi connectivity index (χ3v) is 7.29. The molecule has 0 aliphatic heterocycles. The normalized spacial score (nSPS) is 11.6. The van der Waals surface area contributed by atoms with Gasteiger partial charge in [-0.3, -0.25) is 4.98 Å². The predicted molar refractivity (Wildman–Crippen MR) is 147 cm³/mol. The standard InChI is InChI=1S/C32H22N4/c1-35-29-8-4-2-7-26(29)28-17-22(11-13-30(28)35)23-10-12-27-25-6-3-5-9-31(25)36(32(27)18-23)20-24-16-21(19-33)14-15-34-24/h2-18H,20H2,1H3. The number of nitrogens with zero attached hydrogens (tertiary/aromatic N) is 4. The van der Waals surface area contributed by atoms with Gasteiger partial charge in [-0.15, -0.1) is 0 Å². The zero-order valence-electron chi connectivity index (χ0n) is 19.8. The third kappa shape index (κ3) is 3.03. The number of para-hydroxylation sites is 2. The number of hydrogen-bond acceptors (Lipinski definition) is 2. The van der Waals surface area contributed by atoms with Crippen LogP contribution in [0.15, 0.2) is 103 Å². The second-order valence-corrected chi connectivity index (χ2v) is 9.29. The van der Waals surface area contributed by atoms with Gasteiger partial charge in [0, 0.05) is 51.3 Å². The van der Waals surface area contributed by atoms with Crippen LogP contribution in [0.25, 0.3) is 54.7 Å². The summed E-state index contributed by atoms with van der Waals surface area (Å²) in [5.41, 5.74) is 8.69. The van der Waals surface area contributed by atoms with Crippen LogP contribution in [0.4, 0.5) is 0 Å². The first-order chi connectivity index (χ1) is 17.7. The maximum Gasteiger partial charge on any atom is 0.0992 e. The second kappa shape index (κ2) is 7.83. The van der Waals surface area contributed by atoms with E-state index in [0.29, 0.717) is 12.1 Å². The summed E-state index contributed by atoms with van der Waals surface area (Å²) in [5.74, 6) is 0. The van der Waals surface area contributed by atoms with Gasteiger partial charge in [0.2, 0.25) is 0 Å². The molecule has 0 saturated heterocycles. The lowest BCUT2D eigenvalue weighted by Gasteiger charge is -2.09. The van der Waals surface area contributed by atoms with E-state index in [2.05, 4.69) is 112 Å². The zero-order valence-corrected chi connectivity index (χ0v) is 19.8. The van der Waals surface area contributed by atoms with E-state index in [1.807, 2.05) is 6.07 Å². The van der Waals surface area contributed by atoms with Gasteiger partial charge < -0.3 is 9.13 Å². The molecule has 7 rings (SSSR count). The minimum Gasteiger partial charge on any atom is -0.344 e. The van der Waals surface area contributed by atoms with Crippen molar-refractivity contribution in [1.82, 2.24) is 14.1 Å². The summed E-state index contributed by atoms with van der Waals surface area (Å²) in [4.78, 5) is 4.55. The Labute approximate surface area is 208 Å². The van der Waals surface area contributed by atoms with Gasteiger partial charge in [0.25, 0.3) is 0 Å². The highest BCUT2D eigenvalue weighted by Gasteiger charge is 2.14. The fraction of sp³-hybridized carbons (Fsp3) is 0.0625. The first-order valence-corrected chi connectivity index (χ1v) is 12.0. The Bertz CT molecular complexity index is 2000. The first kappa shape index (κ1) is 20.5. The molecule has 0 spiro atoms. The van der Waals surface area contributed by atoms with Crippen LogP contribution >= 0.6 is 0 Å². The van der Waals surface area contributed by atoms with Crippen molar-refractivity contribution in [2.24, 2.45) is 7.05 Å². The molecule has 0 amide bonds. The van der Waals surface area contributed by atoms with Crippen LogP contribution in [-0.4, -0.2) is 14.1 Å². The number of benzene rings is 4. The largest absolute Gasteiger partial charge is 0.344 e. The first-order valence-electron chi connectivity index (χ1n) is 12.0. The van der Waals surface area contributed by atoms with Crippen LogP contribution in [0.1, 0.15) is 11.3 Å². The van der Waals surface area contributed by atoms with Gasteiger partial charge in [0.05, 0.1) is 29.4 Å². The van der Waals surface area contributed by atoms with Crippen molar-refractivity contribution >= 4 is 43.6 Å². The minimum absolute atomic E-state index is 0.603. The minimum atomic E-state index is 0.603. The van der Waals surface area contributed by atoms with Gasteiger partial charge >= 0.3 is 0 Å². The summed E-state index contributed by atoms with van der Waals surface area (Å²) in [6.45, 7) is 0.603. The molecule has 0 bridgehead atoms. The molecular formula is C32H22N4. The molecule has 0 atom stereocenters. The summed E-state index contributed by atoms with van der Waals surface area (Å²) in [6.07, 6.45) is 1.71. The monoisotopic (exact) mass is 462 g/mol. The SMILES string of the molecule is Cn1c2ccccc2c2cc(-c3ccc4c5ccccc5n(Cc5cc(C#N)ccn5)c4c3)ccc21. The topological polar surface area (TPSA) is 46.5 Å². The Morgan fingerprint density at radius 2 is 1.33 bits per heavy atom. The van der Waals surface area contributed by atoms with Crippen LogP contribution in [0.3, 0.4) is 0 Å². The maximum atomic E-state index is 9.35. The molecule has 4 aromatic carbocycles. The number of aromatic nitrogens is 3. The van der Waals surface area contributed by atoms with Gasteiger partial charge in [-0.05, 0) is 53.6 Å². The lowest BCUT2D eigenvalue weighted by atomic mass is 10.0. The van der Waals surface area contributed by atoms with E-state index in [1.165, 1.54) is 49.2 Å². The zero-order chi connectivity index (χ0) is 24.2. The van der Waals surface area contributed by atoms with Crippen molar-refractivity contribution in [1.29, 1.82) is 5.26 Å². The molecule has 0 aliphatic rings. The average Bonchev–Trinajstić information content (AvgIpc) is 3.40.